The van der Waals surface area contributed by atoms with E-state index in [1.165, 1.54) is 0 Å². The highest BCUT2D eigenvalue weighted by atomic mass is 16.3. The van der Waals surface area contributed by atoms with Gasteiger partial charge in [0.1, 0.15) is 0 Å². The zero-order valence-electron chi connectivity index (χ0n) is 11.8. The molecule has 0 spiro atoms. The zero-order valence-corrected chi connectivity index (χ0v) is 11.8. The Hall–Kier alpha value is -0.830. The molecule has 0 fully saturated rings. The minimum atomic E-state index is -0.633. The van der Waals surface area contributed by atoms with Gasteiger partial charge in [0.05, 0.1) is 11.3 Å². The van der Waals surface area contributed by atoms with Gasteiger partial charge in [-0.2, -0.15) is 5.10 Å². The smallest absolute Gasteiger partial charge is 0.0677 e. The van der Waals surface area contributed by atoms with Crippen LogP contribution in [-0.4, -0.2) is 20.5 Å². The van der Waals surface area contributed by atoms with E-state index in [2.05, 4.69) is 38.9 Å². The molecule has 0 radical (unpaired) electrons. The maximum Gasteiger partial charge on any atom is 0.0677 e. The summed E-state index contributed by atoms with van der Waals surface area (Å²) < 4.78 is 2.01. The summed E-state index contributed by atoms with van der Waals surface area (Å²) in [7, 11) is 0. The lowest BCUT2D eigenvalue weighted by atomic mass is 9.90. The van der Waals surface area contributed by atoms with Crippen LogP contribution in [0.5, 0.6) is 0 Å². The van der Waals surface area contributed by atoms with Crippen LogP contribution in [0.25, 0.3) is 0 Å². The summed E-state index contributed by atoms with van der Waals surface area (Å²) in [5.74, 6) is 0.508. The highest BCUT2D eigenvalue weighted by molar-refractivity contribution is 5.12. The van der Waals surface area contributed by atoms with E-state index < -0.39 is 5.60 Å². The van der Waals surface area contributed by atoms with E-state index in [1.54, 1.807) is 0 Å². The van der Waals surface area contributed by atoms with Crippen LogP contribution in [0.1, 0.15) is 52.4 Å². The third-order valence-corrected chi connectivity index (χ3v) is 2.99. The van der Waals surface area contributed by atoms with Crippen LogP contribution < -0.4 is 0 Å². The minimum Gasteiger partial charge on any atom is -0.390 e. The van der Waals surface area contributed by atoms with E-state index in [9.17, 15) is 5.11 Å². The molecule has 17 heavy (non-hydrogen) atoms. The van der Waals surface area contributed by atoms with Crippen LogP contribution >= 0.6 is 0 Å². The Kier molecular flexibility index (Phi) is 4.75. The van der Waals surface area contributed by atoms with E-state index in [0.29, 0.717) is 12.3 Å². The van der Waals surface area contributed by atoms with Crippen molar-refractivity contribution in [3.05, 3.63) is 17.5 Å². The standard InChI is InChI=1S/C14H26N2O/c1-6-12-8-13(16(7-2)15-12)10-14(5,17)9-11(3)4/h8,11,17H,6-7,9-10H2,1-5H3. The molecule has 3 nitrogen and oxygen atoms in total. The molecule has 0 bridgehead atoms. The lowest BCUT2D eigenvalue weighted by Gasteiger charge is -2.25. The van der Waals surface area contributed by atoms with Crippen molar-refractivity contribution in [1.82, 2.24) is 9.78 Å². The highest BCUT2D eigenvalue weighted by Gasteiger charge is 2.24. The molecule has 1 rings (SSSR count). The van der Waals surface area contributed by atoms with Gasteiger partial charge in [-0.25, -0.2) is 0 Å². The third-order valence-electron chi connectivity index (χ3n) is 2.99. The molecule has 0 aliphatic rings. The van der Waals surface area contributed by atoms with Crippen molar-refractivity contribution in [3.8, 4) is 0 Å². The lowest BCUT2D eigenvalue weighted by molar-refractivity contribution is 0.0369. The first-order valence-electron chi connectivity index (χ1n) is 6.66. The van der Waals surface area contributed by atoms with Crippen LogP contribution in [0.4, 0.5) is 0 Å². The number of hydrogen-bond acceptors (Lipinski definition) is 2. The van der Waals surface area contributed by atoms with E-state index in [4.69, 9.17) is 0 Å². The first-order valence-corrected chi connectivity index (χ1v) is 6.66. The molecule has 1 aromatic heterocycles. The van der Waals surface area contributed by atoms with Gasteiger partial charge in [0.2, 0.25) is 0 Å². The monoisotopic (exact) mass is 238 g/mol. The first-order chi connectivity index (χ1) is 7.88. The van der Waals surface area contributed by atoms with Crippen molar-refractivity contribution in [3.63, 3.8) is 0 Å². The number of aliphatic hydroxyl groups is 1. The molecule has 1 heterocycles. The van der Waals surface area contributed by atoms with E-state index in [1.807, 2.05) is 11.6 Å². The van der Waals surface area contributed by atoms with Crippen molar-refractivity contribution < 1.29 is 5.11 Å². The Balaban J connectivity index is 2.82. The molecular formula is C14H26N2O. The van der Waals surface area contributed by atoms with E-state index >= 15 is 0 Å². The second-order valence-electron chi connectivity index (χ2n) is 5.57. The molecule has 3 heteroatoms. The van der Waals surface area contributed by atoms with Crippen molar-refractivity contribution in [2.75, 3.05) is 0 Å². The number of rotatable bonds is 6. The molecule has 0 saturated carbocycles. The normalized spacial score (nSPS) is 15.2. The van der Waals surface area contributed by atoms with Crippen molar-refractivity contribution in [2.45, 2.75) is 66.0 Å². The third kappa shape index (κ3) is 4.15. The average molecular weight is 238 g/mol. The Labute approximate surface area is 105 Å². The SMILES string of the molecule is CCc1cc(CC(C)(O)CC(C)C)n(CC)n1. The van der Waals surface area contributed by atoms with Crippen LogP contribution in [0, 0.1) is 5.92 Å². The highest BCUT2D eigenvalue weighted by Crippen LogP contribution is 2.22. The summed E-state index contributed by atoms with van der Waals surface area (Å²) in [6, 6.07) is 2.12. The molecule has 0 saturated heterocycles. The van der Waals surface area contributed by atoms with Crippen molar-refractivity contribution in [2.24, 2.45) is 5.92 Å². The molecular weight excluding hydrogens is 212 g/mol. The molecule has 1 N–H and O–H groups in total. The van der Waals surface area contributed by atoms with Gasteiger partial charge in [-0.05, 0) is 38.7 Å². The fourth-order valence-corrected chi connectivity index (χ4v) is 2.45. The molecule has 0 aliphatic heterocycles. The number of aromatic nitrogens is 2. The second kappa shape index (κ2) is 5.67. The fourth-order valence-electron chi connectivity index (χ4n) is 2.45. The fraction of sp³-hybridized carbons (Fsp3) is 0.786. The maximum atomic E-state index is 10.4. The summed E-state index contributed by atoms with van der Waals surface area (Å²) in [4.78, 5) is 0. The summed E-state index contributed by atoms with van der Waals surface area (Å²) in [6.07, 6.45) is 2.46. The van der Waals surface area contributed by atoms with Gasteiger partial charge in [0, 0.05) is 18.7 Å². The van der Waals surface area contributed by atoms with Crippen LogP contribution in [0.15, 0.2) is 6.07 Å². The Morgan fingerprint density at radius 1 is 1.41 bits per heavy atom. The summed E-state index contributed by atoms with van der Waals surface area (Å²) in [5, 5.41) is 14.9. The van der Waals surface area contributed by atoms with Crippen molar-refractivity contribution >= 4 is 0 Å². The second-order valence-corrected chi connectivity index (χ2v) is 5.57. The molecule has 0 aliphatic carbocycles. The Morgan fingerprint density at radius 3 is 2.53 bits per heavy atom. The number of nitrogens with zero attached hydrogens (tertiary/aromatic N) is 2. The van der Waals surface area contributed by atoms with Gasteiger partial charge in [-0.15, -0.1) is 0 Å². The van der Waals surface area contributed by atoms with Crippen LogP contribution in [0.3, 0.4) is 0 Å². The van der Waals surface area contributed by atoms with Gasteiger partial charge in [0.15, 0.2) is 0 Å². The number of aryl methyl sites for hydroxylation is 2. The lowest BCUT2D eigenvalue weighted by Crippen LogP contribution is -2.30. The average Bonchev–Trinajstić information content (AvgIpc) is 2.57. The number of hydrogen-bond donors (Lipinski definition) is 1. The van der Waals surface area contributed by atoms with Crippen LogP contribution in [0.2, 0.25) is 0 Å². The van der Waals surface area contributed by atoms with Gasteiger partial charge in [-0.1, -0.05) is 20.8 Å². The Morgan fingerprint density at radius 2 is 2.06 bits per heavy atom. The van der Waals surface area contributed by atoms with Gasteiger partial charge in [-0.3, -0.25) is 4.68 Å². The quantitative estimate of drug-likeness (QED) is 0.827. The minimum absolute atomic E-state index is 0.508. The van der Waals surface area contributed by atoms with Crippen molar-refractivity contribution in [1.29, 1.82) is 0 Å². The zero-order chi connectivity index (χ0) is 13.1. The van der Waals surface area contributed by atoms with E-state index in [-0.39, 0.29) is 0 Å². The summed E-state index contributed by atoms with van der Waals surface area (Å²) >= 11 is 0. The van der Waals surface area contributed by atoms with Gasteiger partial charge >= 0.3 is 0 Å². The first kappa shape index (κ1) is 14.2. The molecule has 1 unspecified atom stereocenters. The maximum absolute atomic E-state index is 10.4. The topological polar surface area (TPSA) is 38.0 Å². The molecule has 0 amide bonds. The summed E-state index contributed by atoms with van der Waals surface area (Å²) in [5.41, 5.74) is 1.63. The van der Waals surface area contributed by atoms with E-state index in [0.717, 1.165) is 30.8 Å². The molecule has 0 aromatic carbocycles. The summed E-state index contributed by atoms with van der Waals surface area (Å²) in [6.45, 7) is 11.3. The molecule has 98 valence electrons. The van der Waals surface area contributed by atoms with Gasteiger partial charge < -0.3 is 5.11 Å². The van der Waals surface area contributed by atoms with Crippen LogP contribution in [-0.2, 0) is 19.4 Å². The molecule has 1 atom stereocenters. The van der Waals surface area contributed by atoms with Gasteiger partial charge in [0.25, 0.3) is 0 Å². The molecule has 1 aromatic rings. The predicted molar refractivity (Wildman–Crippen MR) is 71.1 cm³/mol. The predicted octanol–water partition coefficient (Wildman–Crippen LogP) is 2.81. The Bertz CT molecular complexity index is 353. The largest absolute Gasteiger partial charge is 0.390 e.